The van der Waals surface area contributed by atoms with Crippen molar-refractivity contribution >= 4 is 17.7 Å². The summed E-state index contributed by atoms with van der Waals surface area (Å²) in [7, 11) is 0. The number of carbonyl (C=O) groups excluding carboxylic acids is 2. The van der Waals surface area contributed by atoms with Gasteiger partial charge >= 0.3 is 12.0 Å². The van der Waals surface area contributed by atoms with Crippen LogP contribution in [0.2, 0.25) is 0 Å². The minimum absolute atomic E-state index is 0.0683. The number of urea groups is 1. The highest BCUT2D eigenvalue weighted by Gasteiger charge is 2.33. The number of aryl methyl sites for hydroxylation is 2. The molecule has 1 aromatic carbocycles. The van der Waals surface area contributed by atoms with E-state index in [1.807, 2.05) is 6.92 Å². The Hall–Kier alpha value is -2.04. The molecule has 1 aromatic rings. The largest absolute Gasteiger partial charge is 0.466 e. The van der Waals surface area contributed by atoms with Crippen LogP contribution in [0.15, 0.2) is 6.07 Å². The number of rotatable bonds is 3. The fourth-order valence-electron chi connectivity index (χ4n) is 4.55. The van der Waals surface area contributed by atoms with Crippen LogP contribution in [0.25, 0.3) is 0 Å². The number of benzene rings is 1. The number of likely N-dealkylation sites (tertiary alicyclic amines) is 1. The topological polar surface area (TPSA) is 58.6 Å². The van der Waals surface area contributed by atoms with E-state index >= 15 is 0 Å². The van der Waals surface area contributed by atoms with Crippen molar-refractivity contribution in [1.82, 2.24) is 4.90 Å². The number of nitrogens with zero attached hydrogens (tertiary/aromatic N) is 1. The molecule has 1 fully saturated rings. The van der Waals surface area contributed by atoms with Gasteiger partial charge in [-0.2, -0.15) is 0 Å². The van der Waals surface area contributed by atoms with Crippen molar-refractivity contribution in [2.24, 2.45) is 5.92 Å². The van der Waals surface area contributed by atoms with E-state index in [4.69, 9.17) is 4.74 Å². The van der Waals surface area contributed by atoms with E-state index in [0.29, 0.717) is 26.1 Å². The second-order valence-corrected chi connectivity index (χ2v) is 7.35. The van der Waals surface area contributed by atoms with Crippen LogP contribution >= 0.6 is 0 Å². The van der Waals surface area contributed by atoms with Gasteiger partial charge in [-0.25, -0.2) is 4.79 Å². The molecule has 1 heterocycles. The summed E-state index contributed by atoms with van der Waals surface area (Å²) >= 11 is 0. The van der Waals surface area contributed by atoms with Crippen LogP contribution in [0.4, 0.5) is 10.5 Å². The van der Waals surface area contributed by atoms with Crippen molar-refractivity contribution < 1.29 is 14.3 Å². The number of amides is 2. The maximum absolute atomic E-state index is 12.8. The van der Waals surface area contributed by atoms with Gasteiger partial charge in [0, 0.05) is 18.8 Å². The first-order chi connectivity index (χ1) is 12.2. The summed E-state index contributed by atoms with van der Waals surface area (Å²) in [4.78, 5) is 26.5. The zero-order valence-electron chi connectivity index (χ0n) is 14.9. The summed E-state index contributed by atoms with van der Waals surface area (Å²) in [5.74, 6) is -0.364. The monoisotopic (exact) mass is 342 g/mol. The number of nitrogens with one attached hydrogen (secondary N) is 1. The molecule has 2 aliphatic carbocycles. The Morgan fingerprint density at radius 1 is 1.16 bits per heavy atom. The Morgan fingerprint density at radius 2 is 1.84 bits per heavy atom. The van der Waals surface area contributed by atoms with Crippen LogP contribution in [-0.2, 0) is 35.2 Å². The van der Waals surface area contributed by atoms with Gasteiger partial charge in [-0.15, -0.1) is 0 Å². The van der Waals surface area contributed by atoms with Crippen molar-refractivity contribution in [1.29, 1.82) is 0 Å². The van der Waals surface area contributed by atoms with E-state index in [9.17, 15) is 9.59 Å². The maximum atomic E-state index is 12.8. The molecule has 0 spiro atoms. The smallest absolute Gasteiger partial charge is 0.321 e. The molecule has 1 aliphatic heterocycles. The van der Waals surface area contributed by atoms with Crippen molar-refractivity contribution in [3.8, 4) is 0 Å². The Kier molecular flexibility index (Phi) is 4.40. The molecule has 25 heavy (non-hydrogen) atoms. The maximum Gasteiger partial charge on any atom is 0.321 e. The van der Waals surface area contributed by atoms with Crippen LogP contribution < -0.4 is 5.32 Å². The number of ether oxygens (including phenoxy) is 1. The average Bonchev–Trinajstić information content (AvgIpc) is 3.34. The minimum atomic E-state index is -0.182. The summed E-state index contributed by atoms with van der Waals surface area (Å²) in [5, 5.41) is 3.21. The summed E-state index contributed by atoms with van der Waals surface area (Å²) in [5.41, 5.74) is 6.60. The molecule has 5 nitrogen and oxygen atoms in total. The van der Waals surface area contributed by atoms with E-state index in [-0.39, 0.29) is 17.9 Å². The lowest BCUT2D eigenvalue weighted by Gasteiger charge is -2.21. The molecule has 1 saturated heterocycles. The fourth-order valence-corrected chi connectivity index (χ4v) is 4.55. The Bertz CT molecular complexity index is 681. The Balaban J connectivity index is 1.50. The lowest BCUT2D eigenvalue weighted by atomic mass is 9.99. The van der Waals surface area contributed by atoms with Crippen molar-refractivity contribution in [3.05, 3.63) is 28.3 Å². The SMILES string of the molecule is CCOC(=O)C1CCN(C(=O)Nc2c3c(cc4c2CCC4)CCC3)C1. The highest BCUT2D eigenvalue weighted by molar-refractivity contribution is 5.92. The molecule has 3 aliphatic rings. The lowest BCUT2D eigenvalue weighted by Crippen LogP contribution is -2.34. The fraction of sp³-hybridized carbons (Fsp3) is 0.600. The molecule has 1 atom stereocenters. The zero-order valence-corrected chi connectivity index (χ0v) is 14.9. The predicted molar refractivity (Wildman–Crippen MR) is 95.8 cm³/mol. The molecule has 0 aromatic heterocycles. The lowest BCUT2D eigenvalue weighted by molar-refractivity contribution is -0.147. The second-order valence-electron chi connectivity index (χ2n) is 7.35. The summed E-state index contributed by atoms with van der Waals surface area (Å²) in [6, 6.07) is 2.30. The number of hydrogen-bond donors (Lipinski definition) is 1. The first-order valence-electron chi connectivity index (χ1n) is 9.56. The highest BCUT2D eigenvalue weighted by Crippen LogP contribution is 2.38. The predicted octanol–water partition coefficient (Wildman–Crippen LogP) is 3.08. The highest BCUT2D eigenvalue weighted by atomic mass is 16.5. The molecular weight excluding hydrogens is 316 g/mol. The van der Waals surface area contributed by atoms with E-state index < -0.39 is 0 Å². The van der Waals surface area contributed by atoms with Gasteiger partial charge in [0.1, 0.15) is 0 Å². The first kappa shape index (κ1) is 16.4. The van der Waals surface area contributed by atoms with Gasteiger partial charge in [-0.05, 0) is 74.1 Å². The molecule has 4 rings (SSSR count). The van der Waals surface area contributed by atoms with Crippen LogP contribution in [0.3, 0.4) is 0 Å². The first-order valence-corrected chi connectivity index (χ1v) is 9.56. The molecule has 134 valence electrons. The minimum Gasteiger partial charge on any atom is -0.466 e. The summed E-state index contributed by atoms with van der Waals surface area (Å²) in [6.45, 7) is 3.28. The molecule has 0 radical (unpaired) electrons. The number of esters is 1. The van der Waals surface area contributed by atoms with E-state index in [2.05, 4.69) is 11.4 Å². The van der Waals surface area contributed by atoms with Gasteiger partial charge in [0.05, 0.1) is 12.5 Å². The standard InChI is InChI=1S/C20H26N2O3/c1-2-25-19(23)15-9-10-22(12-15)20(24)21-18-16-7-3-5-13(16)11-14-6-4-8-17(14)18/h11,15H,2-10,12H2,1H3,(H,21,24). The molecule has 2 amide bonds. The number of carbonyl (C=O) groups is 2. The van der Waals surface area contributed by atoms with Crippen LogP contribution in [-0.4, -0.2) is 36.6 Å². The van der Waals surface area contributed by atoms with Crippen LogP contribution in [0.1, 0.15) is 48.4 Å². The van der Waals surface area contributed by atoms with E-state index in [1.54, 1.807) is 4.90 Å². The second kappa shape index (κ2) is 6.70. The number of hydrogen-bond acceptors (Lipinski definition) is 3. The van der Waals surface area contributed by atoms with Gasteiger partial charge in [0.2, 0.25) is 0 Å². The third-order valence-electron chi connectivity index (χ3n) is 5.80. The van der Waals surface area contributed by atoms with Gasteiger partial charge in [0.15, 0.2) is 0 Å². The zero-order chi connectivity index (χ0) is 17.4. The summed E-state index contributed by atoms with van der Waals surface area (Å²) in [6.07, 6.45) is 7.41. The summed E-state index contributed by atoms with van der Waals surface area (Å²) < 4.78 is 5.10. The van der Waals surface area contributed by atoms with Gasteiger partial charge in [0.25, 0.3) is 0 Å². The van der Waals surface area contributed by atoms with Crippen molar-refractivity contribution in [2.75, 3.05) is 25.0 Å². The van der Waals surface area contributed by atoms with Crippen LogP contribution in [0, 0.1) is 5.92 Å². The molecule has 0 bridgehead atoms. The molecular formula is C20H26N2O3. The molecule has 0 saturated carbocycles. The molecule has 1 N–H and O–H groups in total. The number of anilines is 1. The van der Waals surface area contributed by atoms with E-state index in [1.165, 1.54) is 35.1 Å². The Labute approximate surface area is 148 Å². The molecule has 5 heteroatoms. The average molecular weight is 342 g/mol. The van der Waals surface area contributed by atoms with Crippen molar-refractivity contribution in [3.63, 3.8) is 0 Å². The van der Waals surface area contributed by atoms with Crippen molar-refractivity contribution in [2.45, 2.75) is 51.9 Å². The van der Waals surface area contributed by atoms with Gasteiger partial charge in [-0.1, -0.05) is 6.07 Å². The quantitative estimate of drug-likeness (QED) is 0.859. The molecule has 1 unspecified atom stereocenters. The van der Waals surface area contributed by atoms with E-state index in [0.717, 1.165) is 31.4 Å². The Morgan fingerprint density at radius 3 is 2.48 bits per heavy atom. The third kappa shape index (κ3) is 3.00. The van der Waals surface area contributed by atoms with Gasteiger partial charge in [-0.3, -0.25) is 4.79 Å². The normalized spacial score (nSPS) is 21.2. The van der Waals surface area contributed by atoms with Gasteiger partial charge < -0.3 is 15.0 Å². The third-order valence-corrected chi connectivity index (χ3v) is 5.80. The number of fused-ring (bicyclic) bond motifs is 2. The van der Waals surface area contributed by atoms with Crippen LogP contribution in [0.5, 0.6) is 0 Å².